The van der Waals surface area contributed by atoms with E-state index in [9.17, 15) is 10.2 Å². The quantitative estimate of drug-likeness (QED) is 0.411. The fraction of sp³-hybridized carbons (Fsp3) is 0. The number of nitrogens with one attached hydrogen (secondary N) is 2. The van der Waals surface area contributed by atoms with Crippen molar-refractivity contribution < 1.29 is 10.2 Å². The van der Waals surface area contributed by atoms with Crippen molar-refractivity contribution in [1.82, 2.24) is 15.0 Å². The van der Waals surface area contributed by atoms with Gasteiger partial charge in [0.25, 0.3) is 0 Å². The van der Waals surface area contributed by atoms with Gasteiger partial charge in [0, 0.05) is 22.8 Å². The van der Waals surface area contributed by atoms with Crippen molar-refractivity contribution in [3.8, 4) is 11.5 Å². The van der Waals surface area contributed by atoms with Crippen molar-refractivity contribution >= 4 is 45.6 Å². The van der Waals surface area contributed by atoms with Crippen LogP contribution in [0.15, 0.2) is 60.7 Å². The number of hydrogen-bond acceptors (Lipinski definition) is 7. The largest absolute Gasteiger partial charge is 0.508 e. The van der Waals surface area contributed by atoms with E-state index in [-0.39, 0.29) is 28.7 Å². The van der Waals surface area contributed by atoms with Crippen molar-refractivity contribution in [1.29, 1.82) is 0 Å². The topological polar surface area (TPSA) is 103 Å². The summed E-state index contributed by atoms with van der Waals surface area (Å²) in [4.78, 5) is 12.5. The number of rotatable bonds is 4. The first kappa shape index (κ1) is 16.9. The number of nitrogens with zero attached hydrogens (tertiary/aromatic N) is 3. The molecule has 0 saturated carbocycles. The summed E-state index contributed by atoms with van der Waals surface area (Å²) in [5.41, 5.74) is 1.38. The molecule has 134 valence electrons. The molecule has 3 aromatic carbocycles. The van der Waals surface area contributed by atoms with Gasteiger partial charge in [-0.1, -0.05) is 18.2 Å². The average Bonchev–Trinajstić information content (AvgIpc) is 2.61. The van der Waals surface area contributed by atoms with Crippen LogP contribution < -0.4 is 10.6 Å². The van der Waals surface area contributed by atoms with Crippen LogP contribution in [0.2, 0.25) is 5.28 Å². The van der Waals surface area contributed by atoms with E-state index in [0.29, 0.717) is 5.69 Å². The molecule has 0 fully saturated rings. The third-order valence-electron chi connectivity index (χ3n) is 3.82. The van der Waals surface area contributed by atoms with E-state index in [0.717, 1.165) is 16.5 Å². The maximum absolute atomic E-state index is 9.65. The molecule has 0 unspecified atom stereocenters. The highest BCUT2D eigenvalue weighted by Gasteiger charge is 2.08. The lowest BCUT2D eigenvalue weighted by Gasteiger charge is -2.11. The van der Waals surface area contributed by atoms with Crippen LogP contribution in [0.25, 0.3) is 10.8 Å². The van der Waals surface area contributed by atoms with Crippen LogP contribution in [0.4, 0.5) is 23.3 Å². The van der Waals surface area contributed by atoms with Crippen LogP contribution in [-0.2, 0) is 0 Å². The number of benzene rings is 3. The Balaban J connectivity index is 1.66. The molecule has 0 radical (unpaired) electrons. The van der Waals surface area contributed by atoms with Gasteiger partial charge in [-0.25, -0.2) is 0 Å². The van der Waals surface area contributed by atoms with Crippen LogP contribution in [-0.4, -0.2) is 25.2 Å². The Labute approximate surface area is 159 Å². The molecule has 0 aliphatic heterocycles. The fourth-order valence-electron chi connectivity index (χ4n) is 2.68. The number of anilines is 4. The molecule has 0 spiro atoms. The van der Waals surface area contributed by atoms with E-state index >= 15 is 0 Å². The van der Waals surface area contributed by atoms with Gasteiger partial charge < -0.3 is 20.8 Å². The van der Waals surface area contributed by atoms with Crippen molar-refractivity contribution in [2.24, 2.45) is 0 Å². The van der Waals surface area contributed by atoms with Crippen molar-refractivity contribution in [2.45, 2.75) is 0 Å². The number of hydrogen-bond donors (Lipinski definition) is 4. The van der Waals surface area contributed by atoms with E-state index in [1.807, 2.05) is 24.3 Å². The van der Waals surface area contributed by atoms with Crippen LogP contribution >= 0.6 is 11.6 Å². The molecule has 0 amide bonds. The molecule has 0 saturated heterocycles. The smallest absolute Gasteiger partial charge is 0.233 e. The maximum Gasteiger partial charge on any atom is 0.233 e. The van der Waals surface area contributed by atoms with E-state index in [1.54, 1.807) is 36.4 Å². The molecule has 4 rings (SSSR count). The van der Waals surface area contributed by atoms with Gasteiger partial charge in [0.15, 0.2) is 0 Å². The summed E-state index contributed by atoms with van der Waals surface area (Å²) < 4.78 is 0. The monoisotopic (exact) mass is 379 g/mol. The molecule has 8 heteroatoms. The molecule has 4 aromatic rings. The third-order valence-corrected chi connectivity index (χ3v) is 3.99. The molecule has 0 bridgehead atoms. The second-order valence-electron chi connectivity index (χ2n) is 5.76. The predicted octanol–water partition coefficient (Wildman–Crippen LogP) is 4.58. The second kappa shape index (κ2) is 6.97. The highest BCUT2D eigenvalue weighted by molar-refractivity contribution is 6.28. The van der Waals surface area contributed by atoms with Crippen LogP contribution in [0.5, 0.6) is 11.5 Å². The highest BCUT2D eigenvalue weighted by Crippen LogP contribution is 2.28. The van der Waals surface area contributed by atoms with E-state index in [1.165, 1.54) is 0 Å². The average molecular weight is 380 g/mol. The van der Waals surface area contributed by atoms with Crippen LogP contribution in [0.1, 0.15) is 0 Å². The lowest BCUT2D eigenvalue weighted by Crippen LogP contribution is -2.04. The van der Waals surface area contributed by atoms with Gasteiger partial charge in [-0.15, -0.1) is 0 Å². The van der Waals surface area contributed by atoms with E-state index in [2.05, 4.69) is 25.6 Å². The summed E-state index contributed by atoms with van der Waals surface area (Å²) in [7, 11) is 0. The van der Waals surface area contributed by atoms with Crippen molar-refractivity contribution in [3.63, 3.8) is 0 Å². The molecule has 1 heterocycles. The number of fused-ring (bicyclic) bond motifs is 1. The lowest BCUT2D eigenvalue weighted by atomic mass is 10.1. The minimum Gasteiger partial charge on any atom is -0.508 e. The number of phenols is 2. The summed E-state index contributed by atoms with van der Waals surface area (Å²) in [5, 5.41) is 27.1. The van der Waals surface area contributed by atoms with Gasteiger partial charge in [-0.2, -0.15) is 15.0 Å². The molecule has 1 aromatic heterocycles. The predicted molar refractivity (Wildman–Crippen MR) is 105 cm³/mol. The highest BCUT2D eigenvalue weighted by atomic mass is 35.5. The van der Waals surface area contributed by atoms with Gasteiger partial charge >= 0.3 is 0 Å². The van der Waals surface area contributed by atoms with Crippen molar-refractivity contribution in [2.75, 3.05) is 10.6 Å². The third kappa shape index (κ3) is 3.83. The minimum absolute atomic E-state index is 0.0213. The maximum atomic E-state index is 9.65. The van der Waals surface area contributed by atoms with Crippen LogP contribution in [0, 0.1) is 0 Å². The zero-order valence-electron chi connectivity index (χ0n) is 13.9. The Kier molecular flexibility index (Phi) is 4.35. The summed E-state index contributed by atoms with van der Waals surface area (Å²) in [5.74, 6) is 0.817. The Morgan fingerprint density at radius 1 is 0.741 bits per heavy atom. The molecule has 0 aliphatic carbocycles. The Morgan fingerprint density at radius 2 is 1.48 bits per heavy atom. The molecule has 27 heavy (non-hydrogen) atoms. The van der Waals surface area contributed by atoms with E-state index in [4.69, 9.17) is 11.6 Å². The SMILES string of the molecule is Oc1cccc(Nc2nc(Cl)nc(Nc3cccc4cc(O)ccc34)n2)c1. The van der Waals surface area contributed by atoms with Gasteiger partial charge in [0.05, 0.1) is 0 Å². The first-order chi connectivity index (χ1) is 13.1. The lowest BCUT2D eigenvalue weighted by molar-refractivity contribution is 0.475. The zero-order chi connectivity index (χ0) is 18.8. The number of halogens is 1. The Morgan fingerprint density at radius 3 is 2.30 bits per heavy atom. The molecule has 7 nitrogen and oxygen atoms in total. The molecular formula is C19H14ClN5O2. The van der Waals surface area contributed by atoms with E-state index < -0.39 is 0 Å². The standard InChI is InChI=1S/C19H14ClN5O2/c20-17-23-18(21-12-4-2-5-13(26)10-12)25-19(24-17)22-16-6-1-3-11-9-14(27)7-8-15(11)16/h1-10,26-27H,(H2,21,22,23,24,25). The second-order valence-corrected chi connectivity index (χ2v) is 6.10. The molecule has 0 atom stereocenters. The fourth-order valence-corrected chi connectivity index (χ4v) is 2.84. The first-order valence-electron chi connectivity index (χ1n) is 8.03. The Bertz CT molecular complexity index is 1140. The van der Waals surface area contributed by atoms with Gasteiger partial charge in [0.1, 0.15) is 11.5 Å². The molecular weight excluding hydrogens is 366 g/mol. The summed E-state index contributed by atoms with van der Waals surface area (Å²) >= 11 is 6.03. The molecule has 4 N–H and O–H groups in total. The zero-order valence-corrected chi connectivity index (χ0v) is 14.6. The minimum atomic E-state index is 0.0213. The summed E-state index contributed by atoms with van der Waals surface area (Å²) in [6.45, 7) is 0. The van der Waals surface area contributed by atoms with Gasteiger partial charge in [0.2, 0.25) is 17.2 Å². The molecule has 0 aliphatic rings. The van der Waals surface area contributed by atoms with Crippen LogP contribution in [0.3, 0.4) is 0 Å². The summed E-state index contributed by atoms with van der Waals surface area (Å²) in [6, 6.07) is 17.3. The normalized spacial score (nSPS) is 10.7. The number of phenolic OH excluding ortho intramolecular Hbond substituents is 2. The first-order valence-corrected chi connectivity index (χ1v) is 8.41. The number of aromatic hydroxyl groups is 2. The van der Waals surface area contributed by atoms with Gasteiger partial charge in [-0.05, 0) is 53.4 Å². The number of aromatic nitrogens is 3. The van der Waals surface area contributed by atoms with Gasteiger partial charge in [-0.3, -0.25) is 0 Å². The summed E-state index contributed by atoms with van der Waals surface area (Å²) in [6.07, 6.45) is 0. The Hall–Kier alpha value is -3.58. The van der Waals surface area contributed by atoms with Crippen molar-refractivity contribution in [3.05, 3.63) is 65.9 Å².